The summed E-state index contributed by atoms with van der Waals surface area (Å²) in [6, 6.07) is 15.6. The molecule has 0 spiro atoms. The van der Waals surface area contributed by atoms with E-state index in [1.165, 1.54) is 5.56 Å². The van der Waals surface area contributed by atoms with E-state index in [4.69, 9.17) is 5.26 Å². The minimum absolute atomic E-state index is 0.0477. The van der Waals surface area contributed by atoms with E-state index in [-0.39, 0.29) is 6.03 Å². The minimum Gasteiger partial charge on any atom is -0.322 e. The van der Waals surface area contributed by atoms with Crippen LogP contribution >= 0.6 is 15.9 Å². The molecule has 3 rings (SSSR count). The van der Waals surface area contributed by atoms with Crippen molar-refractivity contribution in [1.82, 2.24) is 9.80 Å². The monoisotopic (exact) mass is 412 g/mol. The van der Waals surface area contributed by atoms with Crippen LogP contribution in [-0.2, 0) is 6.54 Å². The van der Waals surface area contributed by atoms with Crippen LogP contribution in [0, 0.1) is 18.3 Å². The Labute approximate surface area is 162 Å². The molecule has 2 amide bonds. The summed E-state index contributed by atoms with van der Waals surface area (Å²) in [7, 11) is 0. The maximum atomic E-state index is 12.5. The zero-order valence-electron chi connectivity index (χ0n) is 14.7. The van der Waals surface area contributed by atoms with Crippen LogP contribution in [0.1, 0.15) is 16.7 Å². The van der Waals surface area contributed by atoms with Crippen molar-refractivity contribution in [3.05, 3.63) is 63.6 Å². The van der Waals surface area contributed by atoms with Gasteiger partial charge in [-0.3, -0.25) is 4.90 Å². The average molecular weight is 413 g/mol. The number of urea groups is 1. The lowest BCUT2D eigenvalue weighted by Gasteiger charge is -2.34. The van der Waals surface area contributed by atoms with E-state index < -0.39 is 0 Å². The number of nitriles is 1. The number of nitrogens with one attached hydrogen (secondary N) is 1. The lowest BCUT2D eigenvalue weighted by Crippen LogP contribution is -2.49. The summed E-state index contributed by atoms with van der Waals surface area (Å²) in [5, 5.41) is 11.9. The van der Waals surface area contributed by atoms with Gasteiger partial charge in [-0.25, -0.2) is 4.79 Å². The summed E-state index contributed by atoms with van der Waals surface area (Å²) in [5.74, 6) is 0. The van der Waals surface area contributed by atoms with Crippen LogP contribution in [0.3, 0.4) is 0 Å². The number of aryl methyl sites for hydroxylation is 1. The lowest BCUT2D eigenvalue weighted by molar-refractivity contribution is 0.143. The first kappa shape index (κ1) is 18.4. The molecule has 0 aromatic heterocycles. The van der Waals surface area contributed by atoms with Crippen molar-refractivity contribution in [2.45, 2.75) is 13.5 Å². The molecule has 1 aliphatic heterocycles. The summed E-state index contributed by atoms with van der Waals surface area (Å²) in [5.41, 5.74) is 3.75. The third-order valence-electron chi connectivity index (χ3n) is 4.58. The number of halogens is 1. The number of hydrogen-bond donors (Lipinski definition) is 1. The second-order valence-electron chi connectivity index (χ2n) is 6.46. The van der Waals surface area contributed by atoms with Gasteiger partial charge in [0.25, 0.3) is 0 Å². The van der Waals surface area contributed by atoms with Crippen molar-refractivity contribution in [3.8, 4) is 6.07 Å². The molecule has 134 valence electrons. The number of anilines is 1. The van der Waals surface area contributed by atoms with Gasteiger partial charge in [-0.2, -0.15) is 5.26 Å². The highest BCUT2D eigenvalue weighted by Crippen LogP contribution is 2.20. The van der Waals surface area contributed by atoms with Gasteiger partial charge in [0.2, 0.25) is 0 Å². The standard InChI is InChI=1S/C20H21BrN4O/c1-15-12-18(21)6-7-19(15)23-20(26)25-10-8-24(9-11-25)14-17-4-2-16(13-22)3-5-17/h2-7,12H,8-11,14H2,1H3,(H,23,26). The van der Waals surface area contributed by atoms with Crippen molar-refractivity contribution in [2.75, 3.05) is 31.5 Å². The van der Waals surface area contributed by atoms with Gasteiger partial charge in [-0.1, -0.05) is 28.1 Å². The van der Waals surface area contributed by atoms with Crippen LogP contribution < -0.4 is 5.32 Å². The number of amides is 2. The fourth-order valence-corrected chi connectivity index (χ4v) is 3.49. The second kappa shape index (κ2) is 8.35. The van der Waals surface area contributed by atoms with Crippen molar-refractivity contribution in [3.63, 3.8) is 0 Å². The molecular weight excluding hydrogens is 392 g/mol. The van der Waals surface area contributed by atoms with Crippen LogP contribution in [0.4, 0.5) is 10.5 Å². The summed E-state index contributed by atoms with van der Waals surface area (Å²) in [6.07, 6.45) is 0. The number of benzene rings is 2. The van der Waals surface area contributed by atoms with E-state index in [1.54, 1.807) is 0 Å². The third kappa shape index (κ3) is 4.63. The molecule has 0 bridgehead atoms. The van der Waals surface area contributed by atoms with Crippen LogP contribution in [0.25, 0.3) is 0 Å². The van der Waals surface area contributed by atoms with Gasteiger partial charge in [0, 0.05) is 42.9 Å². The van der Waals surface area contributed by atoms with Gasteiger partial charge in [-0.15, -0.1) is 0 Å². The minimum atomic E-state index is -0.0477. The van der Waals surface area contributed by atoms with Crippen LogP contribution in [-0.4, -0.2) is 42.0 Å². The zero-order chi connectivity index (χ0) is 18.5. The highest BCUT2D eigenvalue weighted by atomic mass is 79.9. The summed E-state index contributed by atoms with van der Waals surface area (Å²) < 4.78 is 1.00. The van der Waals surface area contributed by atoms with Crippen LogP contribution in [0.15, 0.2) is 46.9 Å². The number of rotatable bonds is 3. The number of carbonyl (C=O) groups excluding carboxylic acids is 1. The quantitative estimate of drug-likeness (QED) is 0.828. The summed E-state index contributed by atoms with van der Waals surface area (Å²) in [4.78, 5) is 16.7. The Morgan fingerprint density at radius 2 is 1.85 bits per heavy atom. The Balaban J connectivity index is 1.51. The Morgan fingerprint density at radius 3 is 2.46 bits per heavy atom. The molecule has 2 aromatic rings. The Hall–Kier alpha value is -2.36. The number of piperazine rings is 1. The van der Waals surface area contributed by atoms with E-state index >= 15 is 0 Å². The van der Waals surface area contributed by atoms with Gasteiger partial charge in [0.05, 0.1) is 11.6 Å². The summed E-state index contributed by atoms with van der Waals surface area (Å²) >= 11 is 3.44. The third-order valence-corrected chi connectivity index (χ3v) is 5.07. The molecule has 1 heterocycles. The largest absolute Gasteiger partial charge is 0.322 e. The van der Waals surface area contributed by atoms with E-state index in [0.29, 0.717) is 18.7 Å². The molecule has 1 fully saturated rings. The first-order valence-corrected chi connectivity index (χ1v) is 9.38. The normalized spacial score (nSPS) is 14.7. The first-order chi connectivity index (χ1) is 12.5. The molecular formula is C20H21BrN4O. The van der Waals surface area contributed by atoms with Gasteiger partial charge in [0.1, 0.15) is 0 Å². The predicted molar refractivity (Wildman–Crippen MR) is 106 cm³/mol. The fraction of sp³-hybridized carbons (Fsp3) is 0.300. The van der Waals surface area contributed by atoms with E-state index in [2.05, 4.69) is 32.2 Å². The smallest absolute Gasteiger partial charge is 0.321 e. The maximum Gasteiger partial charge on any atom is 0.321 e. The molecule has 26 heavy (non-hydrogen) atoms. The van der Waals surface area contributed by atoms with Gasteiger partial charge < -0.3 is 10.2 Å². The van der Waals surface area contributed by atoms with E-state index in [9.17, 15) is 4.79 Å². The predicted octanol–water partition coefficient (Wildman–Crippen LogP) is 3.98. The van der Waals surface area contributed by atoms with Crippen molar-refractivity contribution >= 4 is 27.6 Å². The molecule has 0 saturated carbocycles. The van der Waals surface area contributed by atoms with Gasteiger partial charge in [0.15, 0.2) is 0 Å². The van der Waals surface area contributed by atoms with Crippen molar-refractivity contribution in [2.24, 2.45) is 0 Å². The molecule has 0 unspecified atom stereocenters. The fourth-order valence-electron chi connectivity index (χ4n) is 3.01. The molecule has 1 saturated heterocycles. The topological polar surface area (TPSA) is 59.4 Å². The SMILES string of the molecule is Cc1cc(Br)ccc1NC(=O)N1CCN(Cc2ccc(C#N)cc2)CC1. The Morgan fingerprint density at radius 1 is 1.15 bits per heavy atom. The Bertz CT molecular complexity index is 821. The highest BCUT2D eigenvalue weighted by Gasteiger charge is 2.21. The zero-order valence-corrected chi connectivity index (χ0v) is 16.3. The van der Waals surface area contributed by atoms with Crippen LogP contribution in [0.5, 0.6) is 0 Å². The van der Waals surface area contributed by atoms with E-state index in [0.717, 1.165) is 35.4 Å². The van der Waals surface area contributed by atoms with Crippen molar-refractivity contribution < 1.29 is 4.79 Å². The van der Waals surface area contributed by atoms with E-state index in [1.807, 2.05) is 54.3 Å². The molecule has 6 heteroatoms. The lowest BCUT2D eigenvalue weighted by atomic mass is 10.1. The highest BCUT2D eigenvalue weighted by molar-refractivity contribution is 9.10. The second-order valence-corrected chi connectivity index (χ2v) is 7.38. The average Bonchev–Trinajstić information content (AvgIpc) is 2.65. The molecule has 0 atom stereocenters. The molecule has 2 aromatic carbocycles. The molecule has 0 radical (unpaired) electrons. The molecule has 1 aliphatic rings. The van der Waals surface area contributed by atoms with Gasteiger partial charge >= 0.3 is 6.03 Å². The number of carbonyl (C=O) groups is 1. The Kier molecular flexibility index (Phi) is 5.92. The van der Waals surface area contributed by atoms with Crippen molar-refractivity contribution in [1.29, 1.82) is 5.26 Å². The molecule has 5 nitrogen and oxygen atoms in total. The maximum absolute atomic E-state index is 12.5. The molecule has 0 aliphatic carbocycles. The number of hydrogen-bond acceptors (Lipinski definition) is 3. The summed E-state index contributed by atoms with van der Waals surface area (Å²) in [6.45, 7) is 5.91. The molecule has 1 N–H and O–H groups in total. The van der Waals surface area contributed by atoms with Crippen LogP contribution in [0.2, 0.25) is 0 Å². The van der Waals surface area contributed by atoms with Gasteiger partial charge in [-0.05, 0) is 48.4 Å². The number of nitrogens with zero attached hydrogens (tertiary/aromatic N) is 3. The first-order valence-electron chi connectivity index (χ1n) is 8.58.